The molecular weight excluding hydrogens is 232 g/mol. The monoisotopic (exact) mass is 250 g/mol. The molecule has 0 radical (unpaired) electrons. The van der Waals surface area contributed by atoms with E-state index >= 15 is 0 Å². The van der Waals surface area contributed by atoms with Crippen LogP contribution in [-0.2, 0) is 0 Å². The van der Waals surface area contributed by atoms with Gasteiger partial charge in [-0.25, -0.2) is 4.99 Å². The van der Waals surface area contributed by atoms with Crippen LogP contribution < -0.4 is 5.73 Å². The topological polar surface area (TPSA) is 38.4 Å². The molecule has 0 aromatic heterocycles. The van der Waals surface area contributed by atoms with Crippen LogP contribution in [0.4, 0.5) is 5.69 Å². The molecule has 92 valence electrons. The summed E-state index contributed by atoms with van der Waals surface area (Å²) in [6.07, 6.45) is 6.26. The third kappa shape index (κ3) is 3.22. The third-order valence-electron chi connectivity index (χ3n) is 3.43. The lowest BCUT2D eigenvalue weighted by Crippen LogP contribution is -2.25. The lowest BCUT2D eigenvalue weighted by atomic mass is 9.88. The number of nitrogens with zero attached hydrogens (tertiary/aromatic N) is 1. The average Bonchev–Trinajstić information content (AvgIpc) is 2.34. The summed E-state index contributed by atoms with van der Waals surface area (Å²) in [7, 11) is 0. The quantitative estimate of drug-likeness (QED) is 0.620. The molecule has 1 aromatic rings. The smallest absolute Gasteiger partial charge is 0.103 e. The molecule has 3 heteroatoms. The fourth-order valence-electron chi connectivity index (χ4n) is 2.37. The van der Waals surface area contributed by atoms with Gasteiger partial charge in [-0.15, -0.1) is 0 Å². The van der Waals surface area contributed by atoms with Gasteiger partial charge in [0.05, 0.1) is 5.69 Å². The predicted octanol–water partition coefficient (Wildman–Crippen LogP) is 4.22. The van der Waals surface area contributed by atoms with Crippen LogP contribution in [0.3, 0.4) is 0 Å². The molecule has 2 rings (SSSR count). The van der Waals surface area contributed by atoms with Gasteiger partial charge in [-0.3, -0.25) is 0 Å². The van der Waals surface area contributed by atoms with Crippen LogP contribution in [0, 0.1) is 12.8 Å². The van der Waals surface area contributed by atoms with Crippen molar-refractivity contribution in [3.63, 3.8) is 0 Å². The molecule has 0 unspecified atom stereocenters. The second-order valence-electron chi connectivity index (χ2n) is 4.80. The lowest BCUT2D eigenvalue weighted by Gasteiger charge is -2.21. The molecule has 0 spiro atoms. The van der Waals surface area contributed by atoms with Crippen molar-refractivity contribution in [1.29, 1.82) is 0 Å². The van der Waals surface area contributed by atoms with Gasteiger partial charge in [-0.05, 0) is 43.5 Å². The van der Waals surface area contributed by atoms with E-state index in [1.165, 1.54) is 32.1 Å². The minimum absolute atomic E-state index is 0.471. The van der Waals surface area contributed by atoms with Crippen LogP contribution >= 0.6 is 11.6 Å². The van der Waals surface area contributed by atoms with Gasteiger partial charge in [-0.1, -0.05) is 30.9 Å². The molecule has 1 aliphatic carbocycles. The molecule has 0 atom stereocenters. The molecule has 1 fully saturated rings. The molecule has 1 aromatic carbocycles. The zero-order valence-corrected chi connectivity index (χ0v) is 11.0. The first-order valence-electron chi connectivity index (χ1n) is 6.27. The van der Waals surface area contributed by atoms with Crippen molar-refractivity contribution in [3.05, 3.63) is 28.8 Å². The number of hydrogen-bond donors (Lipinski definition) is 1. The van der Waals surface area contributed by atoms with Gasteiger partial charge in [0.25, 0.3) is 0 Å². The Morgan fingerprint density at radius 3 is 2.65 bits per heavy atom. The van der Waals surface area contributed by atoms with E-state index < -0.39 is 0 Å². The number of hydrogen-bond acceptors (Lipinski definition) is 1. The number of nitrogens with two attached hydrogens (primary N) is 1. The number of benzene rings is 1. The molecule has 2 N–H and O–H groups in total. The van der Waals surface area contributed by atoms with Gasteiger partial charge in [0, 0.05) is 10.9 Å². The maximum absolute atomic E-state index is 6.10. The molecule has 1 aliphatic rings. The van der Waals surface area contributed by atoms with E-state index in [9.17, 15) is 0 Å². The molecule has 17 heavy (non-hydrogen) atoms. The van der Waals surface area contributed by atoms with Gasteiger partial charge in [0.2, 0.25) is 0 Å². The number of halogens is 1. The Bertz CT molecular complexity index is 420. The summed E-state index contributed by atoms with van der Waals surface area (Å²) in [5, 5.41) is 0.748. The fraction of sp³-hybridized carbons (Fsp3) is 0.500. The maximum Gasteiger partial charge on any atom is 0.103 e. The van der Waals surface area contributed by atoms with Crippen LogP contribution in [0.25, 0.3) is 0 Å². The van der Waals surface area contributed by atoms with Crippen LogP contribution in [0.2, 0.25) is 5.02 Å². The van der Waals surface area contributed by atoms with E-state index in [0.29, 0.717) is 5.92 Å². The SMILES string of the molecule is Cc1cc(Cl)ccc1N=C(N)C1CCCCC1. The van der Waals surface area contributed by atoms with Gasteiger partial charge in [0.15, 0.2) is 0 Å². The summed E-state index contributed by atoms with van der Waals surface area (Å²) in [4.78, 5) is 4.56. The molecular formula is C14H19ClN2. The standard InChI is InChI=1S/C14H19ClN2/c1-10-9-12(15)7-8-13(10)17-14(16)11-5-3-2-4-6-11/h7-9,11H,2-6H2,1H3,(H2,16,17). The third-order valence-corrected chi connectivity index (χ3v) is 3.67. The summed E-state index contributed by atoms with van der Waals surface area (Å²) in [6.45, 7) is 2.01. The molecule has 2 nitrogen and oxygen atoms in total. The Balaban J connectivity index is 2.16. The highest BCUT2D eigenvalue weighted by Gasteiger charge is 2.17. The van der Waals surface area contributed by atoms with E-state index in [4.69, 9.17) is 17.3 Å². The van der Waals surface area contributed by atoms with Gasteiger partial charge >= 0.3 is 0 Å². The fourth-order valence-corrected chi connectivity index (χ4v) is 2.60. The molecule has 0 saturated heterocycles. The summed E-state index contributed by atoms with van der Waals surface area (Å²) < 4.78 is 0. The zero-order valence-electron chi connectivity index (χ0n) is 10.2. The summed E-state index contributed by atoms with van der Waals surface area (Å²) >= 11 is 5.92. The van der Waals surface area contributed by atoms with E-state index in [1.54, 1.807) is 0 Å². The van der Waals surface area contributed by atoms with Crippen molar-refractivity contribution in [2.45, 2.75) is 39.0 Å². The first-order valence-corrected chi connectivity index (χ1v) is 6.65. The van der Waals surface area contributed by atoms with Crippen molar-refractivity contribution in [3.8, 4) is 0 Å². The molecule has 0 aliphatic heterocycles. The summed E-state index contributed by atoms with van der Waals surface area (Å²) in [6, 6.07) is 5.73. The van der Waals surface area contributed by atoms with Gasteiger partial charge in [-0.2, -0.15) is 0 Å². The molecule has 0 heterocycles. The van der Waals surface area contributed by atoms with Crippen molar-refractivity contribution < 1.29 is 0 Å². The Labute approximate surface area is 108 Å². The van der Waals surface area contributed by atoms with Crippen molar-refractivity contribution in [2.24, 2.45) is 16.6 Å². The molecule has 0 amide bonds. The van der Waals surface area contributed by atoms with Gasteiger partial charge in [0.1, 0.15) is 5.84 Å². The Morgan fingerprint density at radius 2 is 2.00 bits per heavy atom. The van der Waals surface area contributed by atoms with Crippen molar-refractivity contribution in [1.82, 2.24) is 0 Å². The molecule has 0 bridgehead atoms. The van der Waals surface area contributed by atoms with Crippen LogP contribution in [0.5, 0.6) is 0 Å². The Hall–Kier alpha value is -1.02. The van der Waals surface area contributed by atoms with Gasteiger partial charge < -0.3 is 5.73 Å². The predicted molar refractivity (Wildman–Crippen MR) is 74.0 cm³/mol. The van der Waals surface area contributed by atoms with Crippen LogP contribution in [0.1, 0.15) is 37.7 Å². The highest BCUT2D eigenvalue weighted by Crippen LogP contribution is 2.27. The zero-order chi connectivity index (χ0) is 12.3. The highest BCUT2D eigenvalue weighted by atomic mass is 35.5. The van der Waals surface area contributed by atoms with E-state index in [0.717, 1.165) is 22.1 Å². The summed E-state index contributed by atoms with van der Waals surface area (Å²) in [5.74, 6) is 1.26. The van der Waals surface area contributed by atoms with Crippen LogP contribution in [-0.4, -0.2) is 5.84 Å². The first-order chi connectivity index (χ1) is 8.16. The second-order valence-corrected chi connectivity index (χ2v) is 5.24. The van der Waals surface area contributed by atoms with E-state index in [2.05, 4.69) is 4.99 Å². The summed E-state index contributed by atoms with van der Waals surface area (Å²) in [5.41, 5.74) is 8.13. The highest BCUT2D eigenvalue weighted by molar-refractivity contribution is 6.30. The van der Waals surface area contributed by atoms with Crippen molar-refractivity contribution in [2.75, 3.05) is 0 Å². The maximum atomic E-state index is 6.10. The van der Waals surface area contributed by atoms with E-state index in [1.807, 2.05) is 25.1 Å². The lowest BCUT2D eigenvalue weighted by molar-refractivity contribution is 0.437. The Kier molecular flexibility index (Phi) is 4.06. The number of amidine groups is 1. The average molecular weight is 251 g/mol. The number of aryl methyl sites for hydroxylation is 1. The van der Waals surface area contributed by atoms with E-state index in [-0.39, 0.29) is 0 Å². The Morgan fingerprint density at radius 1 is 1.29 bits per heavy atom. The number of aliphatic imine (C=N–C) groups is 1. The minimum atomic E-state index is 0.471. The van der Waals surface area contributed by atoms with Crippen LogP contribution in [0.15, 0.2) is 23.2 Å². The second kappa shape index (κ2) is 5.54. The largest absolute Gasteiger partial charge is 0.387 e. The normalized spacial score (nSPS) is 18.4. The molecule has 1 saturated carbocycles. The first kappa shape index (κ1) is 12.4. The minimum Gasteiger partial charge on any atom is -0.387 e. The van der Waals surface area contributed by atoms with Crippen molar-refractivity contribution >= 4 is 23.1 Å². The number of rotatable bonds is 2.